The van der Waals surface area contributed by atoms with Gasteiger partial charge in [-0.2, -0.15) is 22.0 Å². The van der Waals surface area contributed by atoms with Crippen molar-refractivity contribution in [2.75, 3.05) is 25.2 Å². The van der Waals surface area contributed by atoms with Crippen molar-refractivity contribution in [3.05, 3.63) is 53.9 Å². The number of esters is 1. The van der Waals surface area contributed by atoms with E-state index in [4.69, 9.17) is 4.74 Å². The van der Waals surface area contributed by atoms with E-state index in [1.807, 2.05) is 0 Å². The number of pyridine rings is 1. The smallest absolute Gasteiger partial charge is 0.433 e. The van der Waals surface area contributed by atoms with Gasteiger partial charge in [-0.15, -0.1) is 0 Å². The number of methoxy groups -OCH3 is 1. The van der Waals surface area contributed by atoms with Gasteiger partial charge in [0, 0.05) is 12.1 Å². The van der Waals surface area contributed by atoms with Crippen LogP contribution in [0, 0.1) is 0 Å². The molecular formula is C20H19F5N2O4. The van der Waals surface area contributed by atoms with Crippen molar-refractivity contribution in [1.82, 2.24) is 4.98 Å². The van der Waals surface area contributed by atoms with E-state index in [-0.39, 0.29) is 18.9 Å². The highest BCUT2D eigenvalue weighted by molar-refractivity contribution is 5.89. The van der Waals surface area contributed by atoms with Gasteiger partial charge in [0.05, 0.1) is 38.1 Å². The van der Waals surface area contributed by atoms with Gasteiger partial charge in [-0.05, 0) is 36.4 Å². The van der Waals surface area contributed by atoms with Crippen LogP contribution in [0.4, 0.5) is 27.6 Å². The molecule has 1 aliphatic rings. The number of halogens is 5. The summed E-state index contributed by atoms with van der Waals surface area (Å²) in [6.45, 7) is -2.94. The van der Waals surface area contributed by atoms with E-state index in [0.717, 1.165) is 18.3 Å². The summed E-state index contributed by atoms with van der Waals surface area (Å²) in [5.74, 6) is -0.379. The van der Waals surface area contributed by atoms with Crippen molar-refractivity contribution >= 4 is 11.7 Å². The molecule has 11 heteroatoms. The van der Waals surface area contributed by atoms with E-state index in [1.165, 1.54) is 7.11 Å². The van der Waals surface area contributed by atoms with Crippen LogP contribution in [0.3, 0.4) is 0 Å². The fraction of sp³-hybridized carbons (Fsp3) is 0.400. The summed E-state index contributed by atoms with van der Waals surface area (Å²) in [6, 6.07) is 7.87. The molecule has 1 aromatic carbocycles. The standard InChI is InChI=1S/C20H19F5N2O4/c1-29-18(28)12-2-4-13(5-3-12)27-10-16(8-14(27)11-30-19(21)22)31-15-6-7-17(26-9-15)20(23,24)25/h2-7,9,14,16,19H,8,10-11H2,1H3/t14-,16-/m0/s1. The predicted molar refractivity (Wildman–Crippen MR) is 99.1 cm³/mol. The highest BCUT2D eigenvalue weighted by Gasteiger charge is 2.35. The third-order valence-electron chi connectivity index (χ3n) is 4.74. The van der Waals surface area contributed by atoms with E-state index < -0.39 is 36.6 Å². The Bertz CT molecular complexity index is 875. The number of benzene rings is 1. The maximum Gasteiger partial charge on any atom is 0.433 e. The van der Waals surface area contributed by atoms with Crippen molar-refractivity contribution in [3.63, 3.8) is 0 Å². The largest absolute Gasteiger partial charge is 0.487 e. The lowest BCUT2D eigenvalue weighted by Crippen LogP contribution is -2.34. The van der Waals surface area contributed by atoms with Gasteiger partial charge < -0.3 is 19.1 Å². The van der Waals surface area contributed by atoms with Crippen LogP contribution in [0.1, 0.15) is 22.5 Å². The molecule has 1 aromatic heterocycles. The highest BCUT2D eigenvalue weighted by Crippen LogP contribution is 2.31. The molecule has 0 spiro atoms. The minimum absolute atomic E-state index is 0.134. The maximum absolute atomic E-state index is 12.7. The second-order valence-electron chi connectivity index (χ2n) is 6.79. The molecule has 0 bridgehead atoms. The van der Waals surface area contributed by atoms with Crippen molar-refractivity contribution in [2.45, 2.75) is 31.4 Å². The van der Waals surface area contributed by atoms with Crippen LogP contribution in [0.2, 0.25) is 0 Å². The van der Waals surface area contributed by atoms with Crippen LogP contribution in [0.5, 0.6) is 5.75 Å². The minimum atomic E-state index is -4.56. The topological polar surface area (TPSA) is 60.9 Å². The van der Waals surface area contributed by atoms with Gasteiger partial charge in [0.25, 0.3) is 0 Å². The second kappa shape index (κ2) is 9.46. The number of carbonyl (C=O) groups excluding carboxylic acids is 1. The first-order valence-corrected chi connectivity index (χ1v) is 9.22. The first-order chi connectivity index (χ1) is 14.7. The molecular weight excluding hydrogens is 427 g/mol. The van der Waals surface area contributed by atoms with E-state index in [0.29, 0.717) is 17.7 Å². The Morgan fingerprint density at radius 1 is 1.19 bits per heavy atom. The SMILES string of the molecule is COC(=O)c1ccc(N2C[C@@H](Oc3ccc(C(F)(F)F)nc3)C[C@H]2COC(F)F)cc1. The normalized spacial score (nSPS) is 19.0. The molecule has 3 rings (SSSR count). The zero-order valence-electron chi connectivity index (χ0n) is 16.3. The van der Waals surface area contributed by atoms with Crippen LogP contribution in [-0.4, -0.2) is 50.0 Å². The summed E-state index contributed by atoms with van der Waals surface area (Å²) >= 11 is 0. The van der Waals surface area contributed by atoms with Crippen molar-refractivity contribution in [1.29, 1.82) is 0 Å². The number of anilines is 1. The monoisotopic (exact) mass is 446 g/mol. The number of rotatable bonds is 7. The average Bonchev–Trinajstić information content (AvgIpc) is 3.14. The fourth-order valence-electron chi connectivity index (χ4n) is 3.33. The summed E-state index contributed by atoms with van der Waals surface area (Å²) in [7, 11) is 1.26. The average molecular weight is 446 g/mol. The van der Waals surface area contributed by atoms with Gasteiger partial charge in [0.15, 0.2) is 0 Å². The van der Waals surface area contributed by atoms with Gasteiger partial charge in [-0.25, -0.2) is 9.78 Å². The zero-order valence-corrected chi connectivity index (χ0v) is 16.3. The van der Waals surface area contributed by atoms with Gasteiger partial charge in [-0.1, -0.05) is 0 Å². The maximum atomic E-state index is 12.7. The van der Waals surface area contributed by atoms with Crippen LogP contribution in [0.25, 0.3) is 0 Å². The second-order valence-corrected chi connectivity index (χ2v) is 6.79. The number of hydrogen-bond donors (Lipinski definition) is 0. The Morgan fingerprint density at radius 2 is 1.90 bits per heavy atom. The molecule has 0 aliphatic carbocycles. The first kappa shape index (κ1) is 22.7. The number of carbonyl (C=O) groups is 1. The van der Waals surface area contributed by atoms with Crippen LogP contribution in [-0.2, 0) is 15.7 Å². The minimum Gasteiger partial charge on any atom is -0.487 e. The third kappa shape index (κ3) is 5.81. The molecule has 0 amide bonds. The highest BCUT2D eigenvalue weighted by atomic mass is 19.4. The lowest BCUT2D eigenvalue weighted by atomic mass is 10.1. The number of hydrogen-bond acceptors (Lipinski definition) is 6. The molecule has 0 N–H and O–H groups in total. The van der Waals surface area contributed by atoms with Crippen molar-refractivity contribution < 1.29 is 41.0 Å². The molecule has 1 aliphatic heterocycles. The van der Waals surface area contributed by atoms with Gasteiger partial charge in [0.2, 0.25) is 0 Å². The summed E-state index contributed by atoms with van der Waals surface area (Å²) in [5, 5.41) is 0. The summed E-state index contributed by atoms with van der Waals surface area (Å²) in [5.41, 5.74) is -0.0663. The van der Waals surface area contributed by atoms with E-state index in [1.54, 1.807) is 29.2 Å². The summed E-state index contributed by atoms with van der Waals surface area (Å²) < 4.78 is 77.9. The van der Waals surface area contributed by atoms with Gasteiger partial charge in [0.1, 0.15) is 17.5 Å². The Labute approximate surface area is 174 Å². The molecule has 2 aromatic rings. The van der Waals surface area contributed by atoms with Crippen LogP contribution in [0.15, 0.2) is 42.6 Å². The van der Waals surface area contributed by atoms with E-state index in [9.17, 15) is 26.7 Å². The quantitative estimate of drug-likeness (QED) is 0.471. The third-order valence-corrected chi connectivity index (χ3v) is 4.74. The first-order valence-electron chi connectivity index (χ1n) is 9.22. The van der Waals surface area contributed by atoms with Crippen LogP contribution >= 0.6 is 0 Å². The summed E-state index contributed by atoms with van der Waals surface area (Å²) in [6.07, 6.45) is -3.78. The molecule has 31 heavy (non-hydrogen) atoms. The lowest BCUT2D eigenvalue weighted by Gasteiger charge is -2.26. The molecule has 0 unspecified atom stereocenters. The number of ether oxygens (including phenoxy) is 3. The summed E-state index contributed by atoms with van der Waals surface area (Å²) in [4.78, 5) is 16.7. The molecule has 0 radical (unpaired) electrons. The number of aromatic nitrogens is 1. The molecule has 0 saturated carbocycles. The molecule has 2 heterocycles. The Morgan fingerprint density at radius 3 is 2.45 bits per heavy atom. The Balaban J connectivity index is 1.73. The zero-order chi connectivity index (χ0) is 22.6. The Kier molecular flexibility index (Phi) is 6.94. The van der Waals surface area contributed by atoms with Crippen molar-refractivity contribution in [3.8, 4) is 5.75 Å². The van der Waals surface area contributed by atoms with Crippen molar-refractivity contribution in [2.24, 2.45) is 0 Å². The fourth-order valence-corrected chi connectivity index (χ4v) is 3.33. The number of nitrogens with zero attached hydrogens (tertiary/aromatic N) is 2. The van der Waals surface area contributed by atoms with Gasteiger partial charge in [-0.3, -0.25) is 0 Å². The van der Waals surface area contributed by atoms with Crippen LogP contribution < -0.4 is 9.64 Å². The van der Waals surface area contributed by atoms with E-state index in [2.05, 4.69) is 14.5 Å². The molecule has 1 fully saturated rings. The lowest BCUT2D eigenvalue weighted by molar-refractivity contribution is -0.141. The van der Waals surface area contributed by atoms with E-state index >= 15 is 0 Å². The molecule has 6 nitrogen and oxygen atoms in total. The predicted octanol–water partition coefficient (Wildman–Crippen LogP) is 4.15. The molecule has 2 atom stereocenters. The Hall–Kier alpha value is -2.95. The van der Waals surface area contributed by atoms with Gasteiger partial charge >= 0.3 is 18.8 Å². The molecule has 1 saturated heterocycles. The number of alkyl halides is 5. The molecule has 168 valence electrons.